The van der Waals surface area contributed by atoms with Crippen LogP contribution in [0.1, 0.15) is 17.3 Å². The van der Waals surface area contributed by atoms with Gasteiger partial charge in [0.1, 0.15) is 10.4 Å². The van der Waals surface area contributed by atoms with Gasteiger partial charge in [0.25, 0.3) is 5.91 Å². The fraction of sp³-hybridized carbons (Fsp3) is 0.318. The molecule has 1 saturated heterocycles. The number of nitrogens with zero attached hydrogens (tertiary/aromatic N) is 3. The van der Waals surface area contributed by atoms with Crippen molar-refractivity contribution >= 4 is 49.1 Å². The second kappa shape index (κ2) is 8.12. The molecule has 1 aliphatic heterocycles. The average molecular weight is 456 g/mol. The smallest absolute Gasteiger partial charge is 0.258 e. The van der Waals surface area contributed by atoms with Gasteiger partial charge in [-0.2, -0.15) is 0 Å². The van der Waals surface area contributed by atoms with E-state index in [1.165, 1.54) is 17.4 Å². The maximum atomic E-state index is 15.1. The number of rotatable bonds is 4. The Kier molecular flexibility index (Phi) is 5.28. The van der Waals surface area contributed by atoms with Gasteiger partial charge < -0.3 is 20.1 Å². The molecule has 0 radical (unpaired) electrons. The minimum atomic E-state index is -0.619. The number of pyridine rings is 2. The van der Waals surface area contributed by atoms with Gasteiger partial charge in [-0.25, -0.2) is 9.37 Å². The van der Waals surface area contributed by atoms with Crippen molar-refractivity contribution in [2.24, 2.45) is 0 Å². The quantitative estimate of drug-likeness (QED) is 0.489. The molecule has 32 heavy (non-hydrogen) atoms. The largest absolute Gasteiger partial charge is 0.394 e. The minimum Gasteiger partial charge on any atom is -0.394 e. The Morgan fingerprint density at radius 2 is 2.09 bits per heavy atom. The first-order valence-corrected chi connectivity index (χ1v) is 11.1. The number of aromatic nitrogens is 2. The molecule has 8 nitrogen and oxygen atoms in total. The van der Waals surface area contributed by atoms with Crippen molar-refractivity contribution in [3.63, 3.8) is 0 Å². The lowest BCUT2D eigenvalue weighted by Crippen LogP contribution is -2.38. The summed E-state index contributed by atoms with van der Waals surface area (Å²) in [5.41, 5.74) is 0.402. The monoisotopic (exact) mass is 456 g/mol. The number of halogens is 1. The third-order valence-electron chi connectivity index (χ3n) is 5.54. The summed E-state index contributed by atoms with van der Waals surface area (Å²) in [5.74, 6) is -1.07. The van der Waals surface area contributed by atoms with E-state index in [1.807, 2.05) is 24.3 Å². The lowest BCUT2D eigenvalue weighted by Gasteiger charge is -2.28. The summed E-state index contributed by atoms with van der Waals surface area (Å²) in [5, 5.41) is 12.0. The van der Waals surface area contributed by atoms with E-state index in [2.05, 4.69) is 10.3 Å². The van der Waals surface area contributed by atoms with Crippen molar-refractivity contribution in [3.8, 4) is 0 Å². The lowest BCUT2D eigenvalue weighted by molar-refractivity contribution is 0.0923. The minimum absolute atomic E-state index is 0.0300. The highest BCUT2D eigenvalue weighted by molar-refractivity contribution is 7.24. The second-order valence-electron chi connectivity index (χ2n) is 7.74. The molecule has 1 atom stereocenters. The van der Waals surface area contributed by atoms with Crippen LogP contribution in [-0.4, -0.2) is 59.4 Å². The van der Waals surface area contributed by atoms with E-state index in [0.717, 1.165) is 10.2 Å². The first kappa shape index (κ1) is 20.8. The van der Waals surface area contributed by atoms with Gasteiger partial charge in [0.15, 0.2) is 17.3 Å². The van der Waals surface area contributed by atoms with E-state index in [4.69, 9.17) is 4.74 Å². The summed E-state index contributed by atoms with van der Waals surface area (Å²) in [7, 11) is 0. The number of fused-ring (bicyclic) bond motifs is 5. The molecule has 166 valence electrons. The maximum absolute atomic E-state index is 15.1. The van der Waals surface area contributed by atoms with Crippen LogP contribution in [0.15, 0.2) is 35.1 Å². The third kappa shape index (κ3) is 3.31. The zero-order chi connectivity index (χ0) is 22.4. The van der Waals surface area contributed by atoms with Gasteiger partial charge in [0.2, 0.25) is 5.43 Å². The first-order valence-electron chi connectivity index (χ1n) is 10.3. The molecule has 1 amide bonds. The summed E-state index contributed by atoms with van der Waals surface area (Å²) >= 11 is 1.30. The van der Waals surface area contributed by atoms with Crippen molar-refractivity contribution < 1.29 is 19.0 Å². The molecule has 1 aliphatic rings. The highest BCUT2D eigenvalue weighted by atomic mass is 32.1. The molecule has 2 N–H and O–H groups in total. The normalized spacial score (nSPS) is 15.5. The number of aliphatic hydroxyl groups is 1. The van der Waals surface area contributed by atoms with Crippen LogP contribution in [0, 0.1) is 5.82 Å². The van der Waals surface area contributed by atoms with Crippen LogP contribution in [0.3, 0.4) is 0 Å². The number of carbonyl (C=O) groups excluding carboxylic acids is 1. The van der Waals surface area contributed by atoms with Crippen molar-refractivity contribution in [3.05, 3.63) is 51.9 Å². The second-order valence-corrected chi connectivity index (χ2v) is 8.77. The standard InChI is InChI=1S/C22H21FN4O4S/c1-12(11-28)24-21(30)17-18(29)13-10-14(23)20(26-6-8-31-9-7-26)25-19(13)27-15-4-2-3-5-16(15)32-22(17)27/h2-5,10,12,28H,6-9,11H2,1H3,(H,24,30). The van der Waals surface area contributed by atoms with E-state index < -0.39 is 23.2 Å². The van der Waals surface area contributed by atoms with Gasteiger partial charge in [-0.15, -0.1) is 11.3 Å². The Morgan fingerprint density at radius 1 is 1.34 bits per heavy atom. The van der Waals surface area contributed by atoms with Crippen molar-refractivity contribution in [2.75, 3.05) is 37.8 Å². The van der Waals surface area contributed by atoms with Gasteiger partial charge in [0.05, 0.1) is 35.4 Å². The average Bonchev–Trinajstić information content (AvgIpc) is 3.18. The Balaban J connectivity index is 1.85. The van der Waals surface area contributed by atoms with Gasteiger partial charge in [-0.3, -0.25) is 14.0 Å². The van der Waals surface area contributed by atoms with Crippen LogP contribution in [0.5, 0.6) is 0 Å². The Hall–Kier alpha value is -3.08. The van der Waals surface area contributed by atoms with Gasteiger partial charge >= 0.3 is 0 Å². The number of aliphatic hydroxyl groups excluding tert-OH is 1. The van der Waals surface area contributed by atoms with Crippen LogP contribution >= 0.6 is 11.3 Å². The van der Waals surface area contributed by atoms with E-state index in [9.17, 15) is 14.7 Å². The number of thiazole rings is 1. The van der Waals surface area contributed by atoms with Crippen LogP contribution in [0.25, 0.3) is 26.1 Å². The number of carbonyl (C=O) groups is 1. The molecule has 5 rings (SSSR count). The van der Waals surface area contributed by atoms with Crippen LogP contribution in [0.4, 0.5) is 10.2 Å². The number of ether oxygens (including phenoxy) is 1. The summed E-state index contributed by atoms with van der Waals surface area (Å²) in [4.78, 5) is 33.2. The summed E-state index contributed by atoms with van der Waals surface area (Å²) in [6, 6.07) is 8.14. The molecule has 0 aliphatic carbocycles. The molecule has 3 aromatic heterocycles. The molecule has 0 spiro atoms. The Morgan fingerprint density at radius 3 is 2.84 bits per heavy atom. The predicted molar refractivity (Wildman–Crippen MR) is 121 cm³/mol. The molecule has 4 aromatic rings. The highest BCUT2D eigenvalue weighted by Gasteiger charge is 2.26. The predicted octanol–water partition coefficient (Wildman–Crippen LogP) is 2.15. The zero-order valence-electron chi connectivity index (χ0n) is 17.3. The third-order valence-corrected chi connectivity index (χ3v) is 6.68. The van der Waals surface area contributed by atoms with Crippen LogP contribution in [-0.2, 0) is 4.74 Å². The fourth-order valence-corrected chi connectivity index (χ4v) is 5.12. The number of hydrogen-bond donors (Lipinski definition) is 2. The number of benzene rings is 1. The molecule has 1 fully saturated rings. The molecule has 1 unspecified atom stereocenters. The van der Waals surface area contributed by atoms with Gasteiger partial charge in [-0.05, 0) is 25.1 Å². The number of nitrogens with one attached hydrogen (secondary N) is 1. The van der Waals surface area contributed by atoms with Crippen LogP contribution < -0.4 is 15.6 Å². The Bertz CT molecular complexity index is 1410. The molecule has 1 aromatic carbocycles. The molecule has 10 heteroatoms. The molecule has 0 bridgehead atoms. The van der Waals surface area contributed by atoms with Crippen molar-refractivity contribution in [2.45, 2.75) is 13.0 Å². The van der Waals surface area contributed by atoms with Crippen molar-refractivity contribution in [1.29, 1.82) is 0 Å². The number of amides is 1. The van der Waals surface area contributed by atoms with E-state index >= 15 is 4.39 Å². The van der Waals surface area contributed by atoms with E-state index in [-0.39, 0.29) is 23.4 Å². The number of anilines is 1. The lowest BCUT2D eigenvalue weighted by atomic mass is 10.1. The summed E-state index contributed by atoms with van der Waals surface area (Å²) < 4.78 is 23.1. The molecule has 0 saturated carbocycles. The van der Waals surface area contributed by atoms with Crippen molar-refractivity contribution in [1.82, 2.24) is 14.7 Å². The summed E-state index contributed by atoms with van der Waals surface area (Å²) in [6.07, 6.45) is 0. The van der Waals surface area contributed by atoms with E-state index in [1.54, 1.807) is 16.2 Å². The first-order chi connectivity index (χ1) is 15.5. The summed E-state index contributed by atoms with van der Waals surface area (Å²) in [6.45, 7) is 3.30. The maximum Gasteiger partial charge on any atom is 0.258 e. The topological polar surface area (TPSA) is 96.2 Å². The van der Waals surface area contributed by atoms with Gasteiger partial charge in [0, 0.05) is 19.1 Å². The highest BCUT2D eigenvalue weighted by Crippen LogP contribution is 2.32. The van der Waals surface area contributed by atoms with Gasteiger partial charge in [-0.1, -0.05) is 12.1 Å². The molecular weight excluding hydrogens is 435 g/mol. The Labute approximate surface area is 185 Å². The zero-order valence-corrected chi connectivity index (χ0v) is 18.1. The fourth-order valence-electron chi connectivity index (χ4n) is 3.94. The number of hydrogen-bond acceptors (Lipinski definition) is 7. The van der Waals surface area contributed by atoms with Crippen LogP contribution in [0.2, 0.25) is 0 Å². The van der Waals surface area contributed by atoms with E-state index in [0.29, 0.717) is 36.8 Å². The number of para-hydroxylation sites is 1. The number of morpholine rings is 1. The SMILES string of the molecule is CC(CO)NC(=O)c1c(=O)c2cc(F)c(N3CCOCC3)nc2n2c1sc1ccccc12. The molecule has 4 heterocycles. The molecular formula is C22H21FN4O4S.